The number of hydrogen-bond acceptors (Lipinski definition) is 5. The van der Waals surface area contributed by atoms with Crippen molar-refractivity contribution in [3.63, 3.8) is 0 Å². The number of benzodiazepines with no additional fused rings is 1. The molecule has 190 valence electrons. The third-order valence-corrected chi connectivity index (χ3v) is 6.94. The first-order valence-corrected chi connectivity index (χ1v) is 12.8. The van der Waals surface area contributed by atoms with Gasteiger partial charge in [0.05, 0.1) is 12.2 Å². The molecule has 0 bridgehead atoms. The number of hydrogen-bond donors (Lipinski definition) is 1. The van der Waals surface area contributed by atoms with Crippen LogP contribution in [0.25, 0.3) is 0 Å². The highest BCUT2D eigenvalue weighted by Gasteiger charge is 2.36. The Labute approximate surface area is 212 Å². The fourth-order valence-electron chi connectivity index (χ4n) is 5.04. The summed E-state index contributed by atoms with van der Waals surface area (Å²) in [4.78, 5) is 46.1. The first-order chi connectivity index (χ1) is 17.3. The van der Waals surface area contributed by atoms with Crippen LogP contribution in [0.4, 0.5) is 10.5 Å². The van der Waals surface area contributed by atoms with Gasteiger partial charge in [0.15, 0.2) is 5.78 Å². The second-order valence-electron chi connectivity index (χ2n) is 9.97. The van der Waals surface area contributed by atoms with E-state index in [9.17, 15) is 14.4 Å². The molecule has 2 amide bonds. The number of ether oxygens (including phenoxy) is 1. The summed E-state index contributed by atoms with van der Waals surface area (Å²) in [5, 5.41) is 2.65. The van der Waals surface area contributed by atoms with Crippen LogP contribution < -0.4 is 10.2 Å². The van der Waals surface area contributed by atoms with Crippen LogP contribution in [-0.2, 0) is 20.9 Å². The van der Waals surface area contributed by atoms with E-state index < -0.39 is 18.2 Å². The van der Waals surface area contributed by atoms with E-state index in [0.29, 0.717) is 11.4 Å². The fraction of sp³-hybridized carbons (Fsp3) is 0.448. The molecule has 2 aromatic rings. The highest BCUT2D eigenvalue weighted by Crippen LogP contribution is 2.33. The molecule has 0 radical (unpaired) electrons. The fourth-order valence-corrected chi connectivity index (χ4v) is 5.04. The molecule has 1 aliphatic carbocycles. The highest BCUT2D eigenvalue weighted by molar-refractivity contribution is 6.15. The third-order valence-electron chi connectivity index (χ3n) is 6.94. The van der Waals surface area contributed by atoms with Crippen LogP contribution in [0.2, 0.25) is 0 Å². The molecule has 1 heterocycles. The number of aliphatic imine (C=N–C) groups is 1. The molecule has 1 saturated carbocycles. The number of anilines is 1. The Kier molecular flexibility index (Phi) is 8.18. The van der Waals surface area contributed by atoms with Crippen molar-refractivity contribution >= 4 is 29.2 Å². The van der Waals surface area contributed by atoms with Crippen LogP contribution in [0.1, 0.15) is 62.6 Å². The minimum Gasteiger partial charge on any atom is -0.445 e. The van der Waals surface area contributed by atoms with Gasteiger partial charge in [-0.3, -0.25) is 19.9 Å². The molecule has 0 aromatic heterocycles. The molecule has 0 spiro atoms. The van der Waals surface area contributed by atoms with Gasteiger partial charge in [-0.1, -0.05) is 81.6 Å². The molecule has 1 atom stereocenters. The number of carbonyl (C=O) groups is 3. The van der Waals surface area contributed by atoms with Gasteiger partial charge >= 0.3 is 6.09 Å². The number of fused-ring (bicyclic) bond motifs is 1. The number of aryl methyl sites for hydroxylation is 1. The van der Waals surface area contributed by atoms with Gasteiger partial charge in [-0.15, -0.1) is 0 Å². The summed E-state index contributed by atoms with van der Waals surface area (Å²) in [6.45, 7) is 5.99. The van der Waals surface area contributed by atoms with Gasteiger partial charge in [0, 0.05) is 17.2 Å². The maximum atomic E-state index is 13.9. The number of alkyl carbamates (subject to hydrolysis) is 1. The average Bonchev–Trinajstić information content (AvgIpc) is 3.00. The Morgan fingerprint density at radius 2 is 1.78 bits per heavy atom. The van der Waals surface area contributed by atoms with Crippen molar-refractivity contribution in [2.75, 3.05) is 11.4 Å². The van der Waals surface area contributed by atoms with Crippen molar-refractivity contribution in [2.24, 2.45) is 16.8 Å². The molecular weight excluding hydrogens is 454 g/mol. The molecular formula is C29H35N3O4. The number of rotatable bonds is 7. The molecule has 36 heavy (non-hydrogen) atoms. The Balaban J connectivity index is 1.62. The van der Waals surface area contributed by atoms with Crippen molar-refractivity contribution in [1.29, 1.82) is 0 Å². The molecule has 1 aliphatic heterocycles. The summed E-state index contributed by atoms with van der Waals surface area (Å²) >= 11 is 0. The molecule has 4 rings (SSSR count). The predicted molar refractivity (Wildman–Crippen MR) is 140 cm³/mol. The molecule has 1 fully saturated rings. The third kappa shape index (κ3) is 5.83. The lowest BCUT2D eigenvalue weighted by Gasteiger charge is -2.29. The van der Waals surface area contributed by atoms with Gasteiger partial charge in [-0.2, -0.15) is 0 Å². The van der Waals surface area contributed by atoms with E-state index >= 15 is 0 Å². The summed E-state index contributed by atoms with van der Waals surface area (Å²) in [6.07, 6.45) is 3.04. The van der Waals surface area contributed by atoms with Gasteiger partial charge in [-0.25, -0.2) is 4.79 Å². The van der Waals surface area contributed by atoms with Crippen LogP contribution in [0.5, 0.6) is 0 Å². The Morgan fingerprint density at radius 1 is 1.06 bits per heavy atom. The quantitative estimate of drug-likeness (QED) is 0.580. The summed E-state index contributed by atoms with van der Waals surface area (Å²) in [5.41, 5.74) is 3.95. The topological polar surface area (TPSA) is 88.1 Å². The van der Waals surface area contributed by atoms with Crippen LogP contribution in [0, 0.1) is 18.8 Å². The molecule has 1 unspecified atom stereocenters. The second-order valence-corrected chi connectivity index (χ2v) is 9.97. The monoisotopic (exact) mass is 489 g/mol. The Hall–Kier alpha value is -3.48. The summed E-state index contributed by atoms with van der Waals surface area (Å²) in [6, 6.07) is 15.1. The minimum absolute atomic E-state index is 0.00279. The van der Waals surface area contributed by atoms with E-state index in [1.165, 1.54) is 4.90 Å². The van der Waals surface area contributed by atoms with Crippen molar-refractivity contribution in [1.82, 2.24) is 5.32 Å². The highest BCUT2D eigenvalue weighted by atomic mass is 16.5. The number of ketones is 1. The first-order valence-electron chi connectivity index (χ1n) is 12.8. The number of para-hydroxylation sites is 1. The van der Waals surface area contributed by atoms with Crippen molar-refractivity contribution in [3.05, 3.63) is 65.2 Å². The SMILES string of the molecule is Cc1cccc2c1N(CC(=O)C1CCCCC1)C(=O)C(NC(=O)OCc1ccccc1)N=C2C(C)C. The molecule has 1 N–H and O–H groups in total. The molecule has 7 nitrogen and oxygen atoms in total. The first kappa shape index (κ1) is 25.6. The van der Waals surface area contributed by atoms with Crippen LogP contribution in [0.15, 0.2) is 53.5 Å². The maximum Gasteiger partial charge on any atom is 0.409 e. The standard InChI is InChI=1S/C29H35N3O4/c1-19(2)25-23-16-10-11-20(3)26(23)32(17-24(33)22-14-8-5-9-15-22)28(34)27(30-25)31-29(35)36-18-21-12-6-4-7-13-21/h4,6-7,10-13,16,19,22,27H,5,8-9,14-15,17-18H2,1-3H3,(H,31,35). The lowest BCUT2D eigenvalue weighted by atomic mass is 9.86. The number of nitrogens with one attached hydrogen (secondary N) is 1. The zero-order chi connectivity index (χ0) is 25.7. The van der Waals surface area contributed by atoms with E-state index in [-0.39, 0.29) is 30.8 Å². The lowest BCUT2D eigenvalue weighted by molar-refractivity contribution is -0.126. The van der Waals surface area contributed by atoms with Crippen LogP contribution >= 0.6 is 0 Å². The predicted octanol–water partition coefficient (Wildman–Crippen LogP) is 5.19. The Bertz CT molecular complexity index is 1140. The number of benzene rings is 2. The normalized spacial score (nSPS) is 18.3. The zero-order valence-electron chi connectivity index (χ0n) is 21.3. The van der Waals surface area contributed by atoms with Crippen LogP contribution in [0.3, 0.4) is 0 Å². The van der Waals surface area contributed by atoms with Crippen molar-refractivity contribution < 1.29 is 19.1 Å². The summed E-state index contributed by atoms with van der Waals surface area (Å²) in [5.74, 6) is -0.398. The molecule has 0 saturated heterocycles. The molecule has 2 aliphatic rings. The minimum atomic E-state index is -1.18. The number of amides is 2. The summed E-state index contributed by atoms with van der Waals surface area (Å²) < 4.78 is 5.37. The van der Waals surface area contributed by atoms with E-state index in [0.717, 1.165) is 48.8 Å². The van der Waals surface area contributed by atoms with Gasteiger partial charge in [0.25, 0.3) is 5.91 Å². The van der Waals surface area contributed by atoms with E-state index in [1.807, 2.05) is 69.3 Å². The number of nitrogens with zero attached hydrogens (tertiary/aromatic N) is 2. The molecule has 2 aromatic carbocycles. The van der Waals surface area contributed by atoms with E-state index in [4.69, 9.17) is 9.73 Å². The second kappa shape index (κ2) is 11.5. The van der Waals surface area contributed by atoms with Gasteiger partial charge in [-0.05, 0) is 36.8 Å². The van der Waals surface area contributed by atoms with Gasteiger partial charge in [0.1, 0.15) is 6.61 Å². The number of carbonyl (C=O) groups excluding carboxylic acids is 3. The van der Waals surface area contributed by atoms with Gasteiger partial charge in [0.2, 0.25) is 6.17 Å². The van der Waals surface area contributed by atoms with E-state index in [2.05, 4.69) is 5.32 Å². The van der Waals surface area contributed by atoms with E-state index in [1.54, 1.807) is 0 Å². The Morgan fingerprint density at radius 3 is 2.47 bits per heavy atom. The smallest absolute Gasteiger partial charge is 0.409 e. The summed E-state index contributed by atoms with van der Waals surface area (Å²) in [7, 11) is 0. The number of Topliss-reactive ketones (excluding diaryl/α,β-unsaturated/α-hetero) is 1. The van der Waals surface area contributed by atoms with Crippen molar-refractivity contribution in [2.45, 2.75) is 65.6 Å². The average molecular weight is 490 g/mol. The largest absolute Gasteiger partial charge is 0.445 e. The van der Waals surface area contributed by atoms with Crippen molar-refractivity contribution in [3.8, 4) is 0 Å². The molecule has 7 heteroatoms. The maximum absolute atomic E-state index is 13.9. The zero-order valence-corrected chi connectivity index (χ0v) is 21.3. The van der Waals surface area contributed by atoms with Gasteiger partial charge < -0.3 is 9.64 Å². The van der Waals surface area contributed by atoms with Crippen LogP contribution in [-0.4, -0.2) is 36.2 Å². The lowest BCUT2D eigenvalue weighted by Crippen LogP contribution is -2.49.